The van der Waals surface area contributed by atoms with Crippen LogP contribution in [0.25, 0.3) is 11.1 Å². The molecule has 0 spiro atoms. The van der Waals surface area contributed by atoms with Crippen LogP contribution >= 0.6 is 0 Å². The maximum Gasteiger partial charge on any atom is 0.224 e. The molecule has 2 heterocycles. The van der Waals surface area contributed by atoms with Gasteiger partial charge in [-0.3, -0.25) is 14.7 Å². The highest BCUT2D eigenvalue weighted by Gasteiger charge is 2.21. The average molecular weight is 371 g/mol. The Kier molecular flexibility index (Phi) is 5.78. The molecule has 0 bridgehead atoms. The maximum atomic E-state index is 12.5. The minimum atomic E-state index is 0.235. The molecule has 4 nitrogen and oxygen atoms in total. The van der Waals surface area contributed by atoms with Crippen LogP contribution in [-0.4, -0.2) is 40.3 Å². The number of carbonyl (C=O) groups excluding carboxylic acids is 1. The van der Waals surface area contributed by atoms with E-state index in [4.69, 9.17) is 0 Å². The van der Waals surface area contributed by atoms with Crippen molar-refractivity contribution >= 4 is 5.91 Å². The molecule has 1 aliphatic rings. The molecular weight excluding hydrogens is 346 g/mol. The highest BCUT2D eigenvalue weighted by Crippen LogP contribution is 2.20. The molecule has 0 atom stereocenters. The second kappa shape index (κ2) is 8.81. The van der Waals surface area contributed by atoms with Gasteiger partial charge in [-0.25, -0.2) is 0 Å². The van der Waals surface area contributed by atoms with E-state index in [1.165, 1.54) is 16.7 Å². The zero-order valence-electron chi connectivity index (χ0n) is 16.0. The first-order chi connectivity index (χ1) is 13.8. The summed E-state index contributed by atoms with van der Waals surface area (Å²) in [5, 5.41) is 0. The van der Waals surface area contributed by atoms with Crippen molar-refractivity contribution in [1.29, 1.82) is 0 Å². The minimum Gasteiger partial charge on any atom is -0.337 e. The molecule has 28 heavy (non-hydrogen) atoms. The van der Waals surface area contributed by atoms with E-state index in [0.717, 1.165) is 31.7 Å². The molecule has 1 fully saturated rings. The number of amides is 1. The van der Waals surface area contributed by atoms with Gasteiger partial charge in [-0.2, -0.15) is 0 Å². The van der Waals surface area contributed by atoms with Crippen LogP contribution in [0.4, 0.5) is 0 Å². The molecule has 0 unspecified atom stereocenters. The van der Waals surface area contributed by atoms with Crippen LogP contribution < -0.4 is 0 Å². The van der Waals surface area contributed by atoms with E-state index in [1.54, 1.807) is 12.4 Å². The van der Waals surface area contributed by atoms with E-state index < -0.39 is 0 Å². The largest absolute Gasteiger partial charge is 0.337 e. The Balaban J connectivity index is 1.36. The number of benzene rings is 2. The van der Waals surface area contributed by atoms with Gasteiger partial charge in [0.25, 0.3) is 0 Å². The van der Waals surface area contributed by atoms with E-state index in [2.05, 4.69) is 58.4 Å². The summed E-state index contributed by atoms with van der Waals surface area (Å²) >= 11 is 0. The van der Waals surface area contributed by atoms with Crippen molar-refractivity contribution in [2.24, 2.45) is 0 Å². The molecule has 1 saturated heterocycles. The van der Waals surface area contributed by atoms with Gasteiger partial charge < -0.3 is 4.90 Å². The van der Waals surface area contributed by atoms with Crippen molar-refractivity contribution in [2.45, 2.75) is 19.5 Å². The van der Waals surface area contributed by atoms with Crippen LogP contribution in [0.2, 0.25) is 0 Å². The molecule has 3 aromatic rings. The Morgan fingerprint density at radius 1 is 0.714 bits per heavy atom. The maximum absolute atomic E-state index is 12.5. The molecular formula is C24H25N3O. The zero-order valence-corrected chi connectivity index (χ0v) is 16.0. The van der Waals surface area contributed by atoms with Crippen molar-refractivity contribution in [3.8, 4) is 11.1 Å². The fraction of sp³-hybridized carbons (Fsp3) is 0.250. The summed E-state index contributed by atoms with van der Waals surface area (Å²) in [5.74, 6) is 0.235. The summed E-state index contributed by atoms with van der Waals surface area (Å²) in [6.45, 7) is 4.03. The first kappa shape index (κ1) is 18.4. The number of rotatable bonds is 5. The number of pyridine rings is 1. The fourth-order valence-electron chi connectivity index (χ4n) is 3.64. The lowest BCUT2D eigenvalue weighted by atomic mass is 10.0. The summed E-state index contributed by atoms with van der Waals surface area (Å²) < 4.78 is 0. The third kappa shape index (κ3) is 4.65. The van der Waals surface area contributed by atoms with Gasteiger partial charge in [0.1, 0.15) is 0 Å². The van der Waals surface area contributed by atoms with Gasteiger partial charge in [0.05, 0.1) is 0 Å². The van der Waals surface area contributed by atoms with Crippen LogP contribution in [0.5, 0.6) is 0 Å². The van der Waals surface area contributed by atoms with Crippen molar-refractivity contribution in [2.75, 3.05) is 19.6 Å². The summed E-state index contributed by atoms with van der Waals surface area (Å²) in [4.78, 5) is 20.9. The van der Waals surface area contributed by atoms with E-state index >= 15 is 0 Å². The number of hydrogen-bond donors (Lipinski definition) is 0. The van der Waals surface area contributed by atoms with Crippen LogP contribution in [0.1, 0.15) is 17.5 Å². The molecule has 0 radical (unpaired) electrons. The molecule has 1 aliphatic heterocycles. The van der Waals surface area contributed by atoms with E-state index in [9.17, 15) is 4.79 Å². The second-order valence-electron chi connectivity index (χ2n) is 7.26. The van der Waals surface area contributed by atoms with Crippen molar-refractivity contribution < 1.29 is 4.79 Å². The standard InChI is InChI=1S/C24H25N3O/c28-24-12-15-26(16-17-27(24)19-21-10-13-25-14-11-21)18-20-6-8-23(9-7-20)22-4-2-1-3-5-22/h1-11,13-14H,12,15-19H2. The first-order valence-electron chi connectivity index (χ1n) is 9.81. The molecule has 2 aromatic carbocycles. The van der Waals surface area contributed by atoms with Gasteiger partial charge in [-0.15, -0.1) is 0 Å². The Hall–Kier alpha value is -2.98. The van der Waals surface area contributed by atoms with E-state index in [1.807, 2.05) is 23.1 Å². The lowest BCUT2D eigenvalue weighted by Gasteiger charge is -2.22. The second-order valence-corrected chi connectivity index (χ2v) is 7.26. The average Bonchev–Trinajstić information content (AvgIpc) is 2.92. The van der Waals surface area contributed by atoms with Crippen LogP contribution in [0.3, 0.4) is 0 Å². The summed E-state index contributed by atoms with van der Waals surface area (Å²) in [6, 6.07) is 23.1. The van der Waals surface area contributed by atoms with Crippen molar-refractivity contribution in [1.82, 2.24) is 14.8 Å². The van der Waals surface area contributed by atoms with Gasteiger partial charge in [0.2, 0.25) is 5.91 Å². The normalized spacial score (nSPS) is 15.4. The molecule has 0 N–H and O–H groups in total. The van der Waals surface area contributed by atoms with Crippen LogP contribution in [0, 0.1) is 0 Å². The molecule has 4 rings (SSSR count). The number of carbonyl (C=O) groups is 1. The van der Waals surface area contributed by atoms with Crippen LogP contribution in [-0.2, 0) is 17.9 Å². The highest BCUT2D eigenvalue weighted by molar-refractivity contribution is 5.76. The fourth-order valence-corrected chi connectivity index (χ4v) is 3.64. The smallest absolute Gasteiger partial charge is 0.224 e. The number of aromatic nitrogens is 1. The monoisotopic (exact) mass is 371 g/mol. The SMILES string of the molecule is O=C1CCN(Cc2ccc(-c3ccccc3)cc2)CCN1Cc1ccncc1. The van der Waals surface area contributed by atoms with Gasteiger partial charge in [0.15, 0.2) is 0 Å². The molecule has 142 valence electrons. The van der Waals surface area contributed by atoms with Crippen LogP contribution in [0.15, 0.2) is 79.1 Å². The van der Waals surface area contributed by atoms with Crippen molar-refractivity contribution in [3.63, 3.8) is 0 Å². The molecule has 1 amide bonds. The minimum absolute atomic E-state index is 0.235. The Morgan fingerprint density at radius 2 is 1.39 bits per heavy atom. The molecule has 4 heteroatoms. The summed E-state index contributed by atoms with van der Waals surface area (Å²) in [7, 11) is 0. The molecule has 0 saturated carbocycles. The summed E-state index contributed by atoms with van der Waals surface area (Å²) in [6.07, 6.45) is 4.14. The quantitative estimate of drug-likeness (QED) is 0.681. The van der Waals surface area contributed by atoms with Crippen molar-refractivity contribution in [3.05, 3.63) is 90.3 Å². The number of hydrogen-bond acceptors (Lipinski definition) is 3. The first-order valence-corrected chi connectivity index (χ1v) is 9.81. The predicted molar refractivity (Wildman–Crippen MR) is 111 cm³/mol. The van der Waals surface area contributed by atoms with Gasteiger partial charge in [-0.1, -0.05) is 54.6 Å². The summed E-state index contributed by atoms with van der Waals surface area (Å²) in [5.41, 5.74) is 4.89. The lowest BCUT2D eigenvalue weighted by Crippen LogP contribution is -2.32. The number of nitrogens with zero attached hydrogens (tertiary/aromatic N) is 3. The third-order valence-corrected chi connectivity index (χ3v) is 5.27. The van der Waals surface area contributed by atoms with Gasteiger partial charge >= 0.3 is 0 Å². The Bertz CT molecular complexity index is 894. The Labute approximate surface area is 166 Å². The topological polar surface area (TPSA) is 36.4 Å². The van der Waals surface area contributed by atoms with Gasteiger partial charge in [0, 0.05) is 51.5 Å². The molecule has 1 aromatic heterocycles. The zero-order chi connectivity index (χ0) is 19.2. The Morgan fingerprint density at radius 3 is 2.14 bits per heavy atom. The van der Waals surface area contributed by atoms with E-state index in [-0.39, 0.29) is 5.91 Å². The molecule has 0 aliphatic carbocycles. The van der Waals surface area contributed by atoms with E-state index in [0.29, 0.717) is 13.0 Å². The predicted octanol–water partition coefficient (Wildman–Crippen LogP) is 3.98. The lowest BCUT2D eigenvalue weighted by molar-refractivity contribution is -0.130. The third-order valence-electron chi connectivity index (χ3n) is 5.27. The van der Waals surface area contributed by atoms with Gasteiger partial charge in [-0.05, 0) is 34.4 Å². The highest BCUT2D eigenvalue weighted by atomic mass is 16.2.